The second-order valence-electron chi connectivity index (χ2n) is 5.15. The highest BCUT2D eigenvalue weighted by atomic mass is 32.1. The van der Waals surface area contributed by atoms with Gasteiger partial charge in [-0.2, -0.15) is 0 Å². The van der Waals surface area contributed by atoms with E-state index in [1.165, 1.54) is 4.57 Å². The Bertz CT molecular complexity index is 664. The molecule has 118 valence electrons. The number of carbonyl (C=O) groups is 1. The molecule has 0 aliphatic heterocycles. The largest absolute Gasteiger partial charge is 0.396 e. The van der Waals surface area contributed by atoms with Gasteiger partial charge in [0.25, 0.3) is 0 Å². The zero-order valence-corrected chi connectivity index (χ0v) is 13.3. The van der Waals surface area contributed by atoms with Crippen molar-refractivity contribution < 1.29 is 9.90 Å². The van der Waals surface area contributed by atoms with Crippen molar-refractivity contribution in [3.05, 3.63) is 56.6 Å². The van der Waals surface area contributed by atoms with Gasteiger partial charge in [-0.25, -0.2) is 0 Å². The van der Waals surface area contributed by atoms with Gasteiger partial charge in [-0.3, -0.25) is 14.2 Å². The van der Waals surface area contributed by atoms with E-state index in [0.29, 0.717) is 13.0 Å². The SMILES string of the molecule is Cc1csc(=O)n1CC(=O)NCC(CCO)c1ccccc1. The third-order valence-electron chi connectivity index (χ3n) is 3.57. The van der Waals surface area contributed by atoms with E-state index in [4.69, 9.17) is 0 Å². The Kier molecular flexibility index (Phi) is 5.91. The van der Waals surface area contributed by atoms with Gasteiger partial charge in [0, 0.05) is 30.1 Å². The third-order valence-corrected chi connectivity index (χ3v) is 4.45. The number of aryl methyl sites for hydroxylation is 1. The monoisotopic (exact) mass is 320 g/mol. The molecule has 1 heterocycles. The highest BCUT2D eigenvalue weighted by Crippen LogP contribution is 2.18. The Balaban J connectivity index is 1.95. The lowest BCUT2D eigenvalue weighted by atomic mass is 9.96. The zero-order chi connectivity index (χ0) is 15.9. The van der Waals surface area contributed by atoms with Gasteiger partial charge >= 0.3 is 4.87 Å². The zero-order valence-electron chi connectivity index (χ0n) is 12.5. The number of amides is 1. The quantitative estimate of drug-likeness (QED) is 0.812. The molecule has 2 N–H and O–H groups in total. The summed E-state index contributed by atoms with van der Waals surface area (Å²) in [5.41, 5.74) is 1.88. The van der Waals surface area contributed by atoms with E-state index in [0.717, 1.165) is 22.6 Å². The summed E-state index contributed by atoms with van der Waals surface area (Å²) in [6.45, 7) is 2.36. The molecule has 2 rings (SSSR count). The Morgan fingerprint density at radius 3 is 2.68 bits per heavy atom. The lowest BCUT2D eigenvalue weighted by molar-refractivity contribution is -0.121. The molecule has 1 aromatic heterocycles. The first kappa shape index (κ1) is 16.5. The molecule has 0 radical (unpaired) electrons. The van der Waals surface area contributed by atoms with Crippen molar-refractivity contribution in [1.82, 2.24) is 9.88 Å². The van der Waals surface area contributed by atoms with Crippen LogP contribution < -0.4 is 10.2 Å². The Morgan fingerprint density at radius 1 is 1.36 bits per heavy atom. The van der Waals surface area contributed by atoms with Gasteiger partial charge < -0.3 is 10.4 Å². The van der Waals surface area contributed by atoms with Crippen molar-refractivity contribution in [2.45, 2.75) is 25.8 Å². The van der Waals surface area contributed by atoms with Crippen LogP contribution in [0.3, 0.4) is 0 Å². The standard InChI is InChI=1S/C16H20N2O3S/c1-12-11-22-16(21)18(12)10-15(20)17-9-14(7-8-19)13-5-3-2-4-6-13/h2-6,11,14,19H,7-10H2,1H3,(H,17,20). The minimum Gasteiger partial charge on any atom is -0.396 e. The number of carbonyl (C=O) groups excluding carboxylic acids is 1. The fourth-order valence-electron chi connectivity index (χ4n) is 2.30. The van der Waals surface area contributed by atoms with Gasteiger partial charge in [-0.1, -0.05) is 41.7 Å². The fraction of sp³-hybridized carbons (Fsp3) is 0.375. The predicted molar refractivity (Wildman–Crippen MR) is 87.2 cm³/mol. The molecular formula is C16H20N2O3S. The number of nitrogens with one attached hydrogen (secondary N) is 1. The first-order valence-corrected chi connectivity index (χ1v) is 8.07. The van der Waals surface area contributed by atoms with E-state index >= 15 is 0 Å². The molecule has 0 aliphatic rings. The Morgan fingerprint density at radius 2 is 2.09 bits per heavy atom. The molecular weight excluding hydrogens is 300 g/mol. The number of hydrogen-bond donors (Lipinski definition) is 2. The summed E-state index contributed by atoms with van der Waals surface area (Å²) >= 11 is 1.10. The van der Waals surface area contributed by atoms with Gasteiger partial charge in [0.05, 0.1) is 0 Å². The van der Waals surface area contributed by atoms with Crippen LogP contribution in [0.1, 0.15) is 23.6 Å². The summed E-state index contributed by atoms with van der Waals surface area (Å²) in [7, 11) is 0. The van der Waals surface area contributed by atoms with Crippen LogP contribution in [0, 0.1) is 6.92 Å². The summed E-state index contributed by atoms with van der Waals surface area (Å²) in [5.74, 6) is -0.127. The smallest absolute Gasteiger partial charge is 0.307 e. The molecule has 0 saturated carbocycles. The molecule has 0 aliphatic carbocycles. The number of aromatic nitrogens is 1. The second-order valence-corrected chi connectivity index (χ2v) is 5.97. The van der Waals surface area contributed by atoms with Crippen LogP contribution in [0.5, 0.6) is 0 Å². The van der Waals surface area contributed by atoms with Gasteiger partial charge in [-0.15, -0.1) is 0 Å². The number of aliphatic hydroxyl groups is 1. The van der Waals surface area contributed by atoms with E-state index in [-0.39, 0.29) is 29.8 Å². The molecule has 6 heteroatoms. The molecule has 2 aromatic rings. The predicted octanol–water partition coefficient (Wildman–Crippen LogP) is 1.50. The number of thiazole rings is 1. The van der Waals surface area contributed by atoms with Gasteiger partial charge in [0.2, 0.25) is 5.91 Å². The second kappa shape index (κ2) is 7.91. The van der Waals surface area contributed by atoms with Crippen molar-refractivity contribution >= 4 is 17.2 Å². The average molecular weight is 320 g/mol. The van der Waals surface area contributed by atoms with Crippen molar-refractivity contribution in [2.24, 2.45) is 0 Å². The van der Waals surface area contributed by atoms with Crippen LogP contribution in [0.25, 0.3) is 0 Å². The highest BCUT2D eigenvalue weighted by Gasteiger charge is 2.13. The van der Waals surface area contributed by atoms with Gasteiger partial charge in [0.15, 0.2) is 0 Å². The maximum Gasteiger partial charge on any atom is 0.307 e. The third kappa shape index (κ3) is 4.29. The van der Waals surface area contributed by atoms with Crippen molar-refractivity contribution in [3.63, 3.8) is 0 Å². The maximum absolute atomic E-state index is 12.0. The lowest BCUT2D eigenvalue weighted by Gasteiger charge is -2.17. The molecule has 1 atom stereocenters. The minimum atomic E-state index is -0.192. The lowest BCUT2D eigenvalue weighted by Crippen LogP contribution is -2.34. The van der Waals surface area contributed by atoms with Crippen LogP contribution in [0.4, 0.5) is 0 Å². The number of aliphatic hydroxyl groups excluding tert-OH is 1. The van der Waals surface area contributed by atoms with E-state index < -0.39 is 0 Å². The van der Waals surface area contributed by atoms with Crippen LogP contribution in [-0.4, -0.2) is 28.7 Å². The van der Waals surface area contributed by atoms with E-state index in [1.807, 2.05) is 37.3 Å². The van der Waals surface area contributed by atoms with Crippen LogP contribution in [-0.2, 0) is 11.3 Å². The molecule has 1 aromatic carbocycles. The molecule has 0 spiro atoms. The first-order chi connectivity index (χ1) is 10.6. The summed E-state index contributed by atoms with van der Waals surface area (Å²) < 4.78 is 1.46. The summed E-state index contributed by atoms with van der Waals surface area (Å²) in [6.07, 6.45) is 0.585. The highest BCUT2D eigenvalue weighted by molar-refractivity contribution is 7.07. The van der Waals surface area contributed by atoms with E-state index in [2.05, 4.69) is 5.32 Å². The summed E-state index contributed by atoms with van der Waals surface area (Å²) in [6, 6.07) is 9.79. The Labute approximate surface area is 133 Å². The molecule has 5 nitrogen and oxygen atoms in total. The number of nitrogens with zero attached hydrogens (tertiary/aromatic N) is 1. The van der Waals surface area contributed by atoms with Crippen LogP contribution in [0.15, 0.2) is 40.5 Å². The molecule has 22 heavy (non-hydrogen) atoms. The molecule has 1 amide bonds. The topological polar surface area (TPSA) is 71.3 Å². The minimum absolute atomic E-state index is 0.0365. The number of rotatable bonds is 7. The van der Waals surface area contributed by atoms with Crippen LogP contribution >= 0.6 is 11.3 Å². The average Bonchev–Trinajstić information content (AvgIpc) is 2.84. The van der Waals surface area contributed by atoms with Crippen LogP contribution in [0.2, 0.25) is 0 Å². The molecule has 0 saturated heterocycles. The van der Waals surface area contributed by atoms with E-state index in [9.17, 15) is 14.7 Å². The molecule has 0 fully saturated rings. The molecule has 0 bridgehead atoms. The molecule has 1 unspecified atom stereocenters. The fourth-order valence-corrected chi connectivity index (χ4v) is 3.03. The Hall–Kier alpha value is -1.92. The van der Waals surface area contributed by atoms with E-state index in [1.54, 1.807) is 5.38 Å². The van der Waals surface area contributed by atoms with Crippen molar-refractivity contribution in [2.75, 3.05) is 13.2 Å². The number of hydrogen-bond acceptors (Lipinski definition) is 4. The summed E-state index contributed by atoms with van der Waals surface area (Å²) in [5, 5.41) is 13.8. The van der Waals surface area contributed by atoms with Gasteiger partial charge in [-0.05, 0) is 18.9 Å². The first-order valence-electron chi connectivity index (χ1n) is 7.19. The maximum atomic E-state index is 12.0. The van der Waals surface area contributed by atoms with Crippen molar-refractivity contribution in [1.29, 1.82) is 0 Å². The summed E-state index contributed by atoms with van der Waals surface area (Å²) in [4.78, 5) is 23.5. The van der Waals surface area contributed by atoms with Gasteiger partial charge in [0.1, 0.15) is 6.54 Å². The number of benzene rings is 1. The van der Waals surface area contributed by atoms with Crippen molar-refractivity contribution in [3.8, 4) is 0 Å². The normalized spacial score (nSPS) is 12.1.